The normalized spacial score (nSPS) is 12.0. The predicted molar refractivity (Wildman–Crippen MR) is 79.8 cm³/mol. The maximum absolute atomic E-state index is 13.5. The zero-order valence-electron chi connectivity index (χ0n) is 11.9. The molecule has 1 amide bonds. The van der Waals surface area contributed by atoms with E-state index in [9.17, 15) is 9.18 Å². The molecule has 0 saturated carbocycles. The van der Waals surface area contributed by atoms with Gasteiger partial charge in [0, 0.05) is 5.38 Å². The predicted octanol–water partition coefficient (Wildman–Crippen LogP) is 3.06. The molecule has 0 spiro atoms. The van der Waals surface area contributed by atoms with Gasteiger partial charge in [-0.05, 0) is 25.5 Å². The van der Waals surface area contributed by atoms with Gasteiger partial charge in [-0.1, -0.05) is 19.1 Å². The van der Waals surface area contributed by atoms with Gasteiger partial charge >= 0.3 is 0 Å². The van der Waals surface area contributed by atoms with Crippen LogP contribution in [0.25, 0.3) is 0 Å². The van der Waals surface area contributed by atoms with Gasteiger partial charge in [0.05, 0.1) is 17.2 Å². The number of nitrogens with one attached hydrogen (secondary N) is 1. The lowest BCUT2D eigenvalue weighted by atomic mass is 10.2. The number of rotatable bonds is 6. The number of aryl methyl sites for hydroxylation is 1. The Balaban J connectivity index is 1.94. The molecule has 6 heteroatoms. The van der Waals surface area contributed by atoms with Crippen molar-refractivity contribution >= 4 is 17.2 Å². The molecule has 0 radical (unpaired) electrons. The summed E-state index contributed by atoms with van der Waals surface area (Å²) in [6.07, 6.45) is -0.266. The third kappa shape index (κ3) is 4.26. The summed E-state index contributed by atoms with van der Waals surface area (Å²) in [7, 11) is 0. The summed E-state index contributed by atoms with van der Waals surface area (Å²) < 4.78 is 19.0. The first-order chi connectivity index (χ1) is 10.1. The Morgan fingerprint density at radius 1 is 1.48 bits per heavy atom. The number of ether oxygens (including phenoxy) is 1. The highest BCUT2D eigenvalue weighted by Crippen LogP contribution is 2.18. The van der Waals surface area contributed by atoms with Gasteiger partial charge in [0.25, 0.3) is 5.91 Å². The van der Waals surface area contributed by atoms with E-state index in [2.05, 4.69) is 10.3 Å². The number of thiazole rings is 1. The van der Waals surface area contributed by atoms with Gasteiger partial charge in [0.2, 0.25) is 0 Å². The molecular formula is C15H17FN2O2S. The topological polar surface area (TPSA) is 51.2 Å². The SMILES string of the molecule is CCC(Oc1ccccc1F)C(=O)NCc1csc(C)n1. The summed E-state index contributed by atoms with van der Waals surface area (Å²) in [5, 5.41) is 5.61. The van der Waals surface area contributed by atoms with Crippen LogP contribution in [0.2, 0.25) is 0 Å². The minimum atomic E-state index is -0.721. The van der Waals surface area contributed by atoms with Crippen molar-refractivity contribution in [2.45, 2.75) is 32.9 Å². The lowest BCUT2D eigenvalue weighted by Crippen LogP contribution is -2.37. The quantitative estimate of drug-likeness (QED) is 0.892. The molecule has 0 fully saturated rings. The van der Waals surface area contributed by atoms with E-state index < -0.39 is 11.9 Å². The Bertz CT molecular complexity index is 615. The monoisotopic (exact) mass is 308 g/mol. The molecule has 0 aliphatic carbocycles. The van der Waals surface area contributed by atoms with Crippen LogP contribution in [-0.4, -0.2) is 17.0 Å². The van der Waals surface area contributed by atoms with Crippen LogP contribution in [0, 0.1) is 12.7 Å². The van der Waals surface area contributed by atoms with E-state index in [1.807, 2.05) is 19.2 Å². The summed E-state index contributed by atoms with van der Waals surface area (Å²) >= 11 is 1.53. The van der Waals surface area contributed by atoms with Crippen molar-refractivity contribution in [1.29, 1.82) is 0 Å². The molecule has 1 aromatic heterocycles. The lowest BCUT2D eigenvalue weighted by molar-refractivity contribution is -0.128. The first-order valence-electron chi connectivity index (χ1n) is 6.70. The maximum Gasteiger partial charge on any atom is 0.261 e. The summed E-state index contributed by atoms with van der Waals surface area (Å²) in [4.78, 5) is 16.4. The van der Waals surface area contributed by atoms with E-state index in [0.29, 0.717) is 13.0 Å². The Morgan fingerprint density at radius 2 is 2.24 bits per heavy atom. The number of carbonyl (C=O) groups excluding carboxylic acids is 1. The summed E-state index contributed by atoms with van der Waals surface area (Å²) in [5.74, 6) is -0.658. The number of benzene rings is 1. The molecule has 1 heterocycles. The first-order valence-corrected chi connectivity index (χ1v) is 7.58. The Kier molecular flexibility index (Phi) is 5.27. The van der Waals surface area contributed by atoms with Crippen LogP contribution in [-0.2, 0) is 11.3 Å². The van der Waals surface area contributed by atoms with Gasteiger partial charge in [0.1, 0.15) is 0 Å². The summed E-state index contributed by atoms with van der Waals surface area (Å²) in [5.41, 5.74) is 0.812. The molecule has 0 bridgehead atoms. The maximum atomic E-state index is 13.5. The zero-order valence-corrected chi connectivity index (χ0v) is 12.7. The van der Waals surface area contributed by atoms with Gasteiger partial charge < -0.3 is 10.1 Å². The molecule has 0 saturated heterocycles. The molecule has 0 aliphatic rings. The molecule has 4 nitrogen and oxygen atoms in total. The fourth-order valence-electron chi connectivity index (χ4n) is 1.80. The minimum Gasteiger partial charge on any atom is -0.478 e. The molecule has 1 N–H and O–H groups in total. The summed E-state index contributed by atoms with van der Waals surface area (Å²) in [6.45, 7) is 4.07. The second kappa shape index (κ2) is 7.17. The molecule has 2 rings (SSSR count). The van der Waals surface area contributed by atoms with Crippen LogP contribution < -0.4 is 10.1 Å². The Labute approximate surface area is 127 Å². The average Bonchev–Trinajstić information content (AvgIpc) is 2.89. The van der Waals surface area contributed by atoms with Crippen molar-refractivity contribution in [1.82, 2.24) is 10.3 Å². The third-order valence-corrected chi connectivity index (χ3v) is 3.70. The van der Waals surface area contributed by atoms with Crippen LogP contribution in [0.3, 0.4) is 0 Å². The van der Waals surface area contributed by atoms with E-state index >= 15 is 0 Å². The number of nitrogens with zero attached hydrogens (tertiary/aromatic N) is 1. The highest BCUT2D eigenvalue weighted by atomic mass is 32.1. The highest BCUT2D eigenvalue weighted by Gasteiger charge is 2.19. The second-order valence-electron chi connectivity index (χ2n) is 4.52. The lowest BCUT2D eigenvalue weighted by Gasteiger charge is -2.17. The number of halogens is 1. The van der Waals surface area contributed by atoms with Crippen molar-refractivity contribution in [3.05, 3.63) is 46.2 Å². The average molecular weight is 308 g/mol. The number of amides is 1. The number of hydrogen-bond acceptors (Lipinski definition) is 4. The molecule has 0 aliphatic heterocycles. The largest absolute Gasteiger partial charge is 0.478 e. The van der Waals surface area contributed by atoms with Crippen LogP contribution in [0.15, 0.2) is 29.6 Å². The van der Waals surface area contributed by atoms with Crippen LogP contribution >= 0.6 is 11.3 Å². The van der Waals surface area contributed by atoms with Crippen molar-refractivity contribution in [3.8, 4) is 5.75 Å². The van der Waals surface area contributed by atoms with Crippen molar-refractivity contribution in [2.24, 2.45) is 0 Å². The fourth-order valence-corrected chi connectivity index (χ4v) is 2.41. The van der Waals surface area contributed by atoms with Crippen LogP contribution in [0.5, 0.6) is 5.75 Å². The van der Waals surface area contributed by atoms with Crippen molar-refractivity contribution < 1.29 is 13.9 Å². The van der Waals surface area contributed by atoms with Crippen LogP contribution in [0.1, 0.15) is 24.0 Å². The molecular weight excluding hydrogens is 291 g/mol. The van der Waals surface area contributed by atoms with E-state index in [1.165, 1.54) is 23.5 Å². The highest BCUT2D eigenvalue weighted by molar-refractivity contribution is 7.09. The van der Waals surface area contributed by atoms with E-state index in [1.54, 1.807) is 12.1 Å². The Morgan fingerprint density at radius 3 is 2.86 bits per heavy atom. The number of hydrogen-bond donors (Lipinski definition) is 1. The van der Waals surface area contributed by atoms with Gasteiger partial charge in [0.15, 0.2) is 17.7 Å². The molecule has 21 heavy (non-hydrogen) atoms. The fraction of sp³-hybridized carbons (Fsp3) is 0.333. The van der Waals surface area contributed by atoms with Gasteiger partial charge in [-0.15, -0.1) is 11.3 Å². The van der Waals surface area contributed by atoms with Gasteiger partial charge in [-0.3, -0.25) is 4.79 Å². The van der Waals surface area contributed by atoms with E-state index in [4.69, 9.17) is 4.74 Å². The first kappa shape index (κ1) is 15.4. The summed E-state index contributed by atoms with van der Waals surface area (Å²) in [6, 6.07) is 6.06. The minimum absolute atomic E-state index is 0.0870. The van der Waals surface area contributed by atoms with Crippen LogP contribution in [0.4, 0.5) is 4.39 Å². The zero-order chi connectivity index (χ0) is 15.2. The number of carbonyl (C=O) groups is 1. The van der Waals surface area contributed by atoms with Gasteiger partial charge in [-0.25, -0.2) is 9.37 Å². The molecule has 1 unspecified atom stereocenters. The smallest absolute Gasteiger partial charge is 0.261 e. The molecule has 112 valence electrons. The van der Waals surface area contributed by atoms with Crippen molar-refractivity contribution in [2.75, 3.05) is 0 Å². The number of aromatic nitrogens is 1. The second-order valence-corrected chi connectivity index (χ2v) is 5.58. The Hall–Kier alpha value is -1.95. The standard InChI is InChI=1S/C15H17FN2O2S/c1-3-13(20-14-7-5-4-6-12(14)16)15(19)17-8-11-9-21-10(2)18-11/h4-7,9,13H,3,8H2,1-2H3,(H,17,19). The molecule has 1 atom stereocenters. The van der Waals surface area contributed by atoms with E-state index in [-0.39, 0.29) is 11.7 Å². The van der Waals surface area contributed by atoms with Crippen molar-refractivity contribution in [3.63, 3.8) is 0 Å². The van der Waals surface area contributed by atoms with Gasteiger partial charge in [-0.2, -0.15) is 0 Å². The van der Waals surface area contributed by atoms with E-state index in [0.717, 1.165) is 10.7 Å². The number of para-hydroxylation sites is 1. The molecule has 2 aromatic rings. The molecule has 1 aromatic carbocycles. The third-order valence-electron chi connectivity index (χ3n) is 2.88.